The molecule has 30 nitrogen and oxygen atoms in total. The smallest absolute Gasteiger partial charge is 0.416 e. The number of rotatable bonds is 28. The van der Waals surface area contributed by atoms with E-state index in [0.29, 0.717) is 119 Å². The number of aromatic nitrogens is 4. The summed E-state index contributed by atoms with van der Waals surface area (Å²) in [5.74, 6) is -0.0497. The van der Waals surface area contributed by atoms with Gasteiger partial charge in [0.2, 0.25) is 11.8 Å². The minimum Gasteiger partial charge on any atom is -0.493 e. The van der Waals surface area contributed by atoms with Crippen LogP contribution in [0.15, 0.2) is 188 Å². The Bertz CT molecular complexity index is 5850. The number of nitrogens with zero attached hydrogens (tertiary/aromatic N) is 8. The maximum atomic E-state index is 14.2. The summed E-state index contributed by atoms with van der Waals surface area (Å²) >= 11 is 0. The lowest BCUT2D eigenvalue weighted by Crippen LogP contribution is -2.57. The molecule has 5 aliphatic rings. The molecule has 0 radical (unpaired) electrons. The third kappa shape index (κ3) is 24.0. The number of hydrogen-bond acceptors (Lipinski definition) is 19. The van der Waals surface area contributed by atoms with Gasteiger partial charge < -0.3 is 73.0 Å². The number of nitrogens with one attached hydrogen (secondary N) is 4. The van der Waals surface area contributed by atoms with Crippen LogP contribution in [0.3, 0.4) is 0 Å². The van der Waals surface area contributed by atoms with Gasteiger partial charge in [-0.2, -0.15) is 19.2 Å². The molecule has 9 heterocycles. The third-order valence-electron chi connectivity index (χ3n) is 23.0. The predicted octanol–water partition coefficient (Wildman–Crippen LogP) is 15.8. The minimum atomic E-state index is -0.858. The van der Waals surface area contributed by atoms with E-state index >= 15 is 0 Å². The molecule has 670 valence electrons. The van der Waals surface area contributed by atoms with Gasteiger partial charge in [0.15, 0.2) is 24.1 Å². The molecule has 6 aromatic carbocycles. The number of ether oxygens (including phenoxy) is 5. The Morgan fingerprint density at radius 1 is 0.504 bits per heavy atom. The van der Waals surface area contributed by atoms with Gasteiger partial charge in [0, 0.05) is 139 Å². The number of ketones is 2. The number of piperidine rings is 2. The molecular weight excluding hydrogens is 1650 g/mol. The maximum absolute atomic E-state index is 14.2. The highest BCUT2D eigenvalue weighted by atomic mass is 16.7. The quantitative estimate of drug-likeness (QED) is 0.0201. The van der Waals surface area contributed by atoms with Crippen LogP contribution in [0.2, 0.25) is 0 Å². The first-order valence-electron chi connectivity index (χ1n) is 43.0. The van der Waals surface area contributed by atoms with E-state index in [9.17, 15) is 43.2 Å². The molecule has 15 rings (SSSR count). The molecule has 30 heteroatoms. The molecule has 129 heavy (non-hydrogen) atoms. The molecule has 10 aromatic rings. The van der Waals surface area contributed by atoms with Crippen molar-refractivity contribution in [2.24, 2.45) is 33.2 Å². The van der Waals surface area contributed by atoms with E-state index in [1.807, 2.05) is 192 Å². The Morgan fingerprint density at radius 3 is 1.47 bits per heavy atom. The van der Waals surface area contributed by atoms with Gasteiger partial charge in [0.25, 0.3) is 23.6 Å². The van der Waals surface area contributed by atoms with Crippen LogP contribution in [0, 0.1) is 27.7 Å². The fraction of sp³-hybridized carbons (Fsp3) is 0.333. The van der Waals surface area contributed by atoms with E-state index in [4.69, 9.17) is 42.9 Å². The van der Waals surface area contributed by atoms with E-state index in [-0.39, 0.29) is 104 Å². The van der Waals surface area contributed by atoms with Crippen molar-refractivity contribution in [1.29, 1.82) is 0 Å². The van der Waals surface area contributed by atoms with Crippen LogP contribution < -0.4 is 35.6 Å². The molecule has 0 spiro atoms. The SMILES string of the molecule is C=CCOC(=O)N1c2cc(OCCCC(=O)Nc3cc(C(=O)Cc4ccc(-c5cc(C(=O)Nc6ccc(C)cc6)n(C)c5)cc4)n(C)c3)c(C)cc2C(=O)N2CCCC[C@H]2C1OC1CCCCO1.Cc1ccc(NC(=O)c2cc(-c3ccc(CC(=O)c4cc(NC(=O)CCCOc5cc6c(cc5C)C(=O)N5CCCC[C@H]5C=N6)cn4C)cc3)cn2C)cc1.O=C=O.O=C=O. The number of hydrogen-bond donors (Lipinski definition) is 4. The minimum absolute atomic E-state index is 0.0181. The summed E-state index contributed by atoms with van der Waals surface area (Å²) in [7, 11) is 7.23. The van der Waals surface area contributed by atoms with E-state index < -0.39 is 24.7 Å². The summed E-state index contributed by atoms with van der Waals surface area (Å²) in [4.78, 5) is 162. The molecular formula is C99H106N12O18. The van der Waals surface area contributed by atoms with Crippen LogP contribution in [0.1, 0.15) is 180 Å². The predicted molar refractivity (Wildman–Crippen MR) is 484 cm³/mol. The van der Waals surface area contributed by atoms with Gasteiger partial charge in [-0.3, -0.25) is 43.3 Å². The molecule has 3 fully saturated rings. The Kier molecular flexibility index (Phi) is 32.1. The highest BCUT2D eigenvalue weighted by Crippen LogP contribution is 2.42. The summed E-state index contributed by atoms with van der Waals surface area (Å²) in [5.41, 5.74) is 15.5. The lowest BCUT2D eigenvalue weighted by Gasteiger charge is -2.42. The van der Waals surface area contributed by atoms with Gasteiger partial charge >= 0.3 is 18.4 Å². The van der Waals surface area contributed by atoms with Crippen molar-refractivity contribution in [2.75, 3.05) is 65.7 Å². The Labute approximate surface area is 747 Å². The summed E-state index contributed by atoms with van der Waals surface area (Å²) < 4.78 is 37.5. The second kappa shape index (κ2) is 44.1. The standard InChI is InChI=1S/C53H60N6O9.C44H46N6O5.2CO2/c1-6-24-67-53(64)59-43-31-47(35(3)27-41(43)51(63)58-23-9-7-12-42(58)52(59)68-49-14-8-10-25-66-49)65-26-11-13-48(61)54-40-30-44(57(5)33-40)46(60)28-36-17-19-37(20-18-36)38-29-45(56(4)32-38)50(62)55-39-21-15-34(2)16-22-39;1-28-10-16-33(17-11-28)47-43(53)39-22-32(26-48(39)3)31-14-12-30(13-15-31)21-40(51)38-23-34(27-49(38)4)46-42(52)9-7-19-55-41-24-37-36(20-29(41)2)44(54)50-18-6-5-8-35(50)25-45-37;2*2-1-3/h6,15-22,27,29-33,42,49,52H,1,7-14,23-26,28H2,2-5H3,(H,54,61)(H,55,62);10-17,20,22-27,35H,5-9,18-19,21H2,1-4H3,(H,46,52)(H,47,53);;/t42-,49?,52?;35-;;/m00../s1. The van der Waals surface area contributed by atoms with Crippen molar-refractivity contribution >= 4 is 106 Å². The molecule has 2 unspecified atom stereocenters. The second-order valence-corrected chi connectivity index (χ2v) is 32.5. The van der Waals surface area contributed by atoms with Crippen molar-refractivity contribution in [2.45, 2.75) is 149 Å². The Hall–Kier alpha value is -14.4. The maximum Gasteiger partial charge on any atom is 0.416 e. The average Bonchev–Trinajstić information content (AvgIpc) is 1.61. The molecule has 4 atom stereocenters. The van der Waals surface area contributed by atoms with Crippen LogP contribution in [0.5, 0.6) is 11.5 Å². The zero-order valence-electron chi connectivity index (χ0n) is 73.6. The fourth-order valence-electron chi connectivity index (χ4n) is 16.3. The Balaban J connectivity index is 0.000000225. The topological polar surface area (TPSA) is 358 Å². The number of benzene rings is 6. The average molecular weight is 1750 g/mol. The number of aliphatic imine (C=N–C) groups is 1. The molecule has 0 saturated carbocycles. The van der Waals surface area contributed by atoms with Crippen LogP contribution in [-0.4, -0.2) is 164 Å². The van der Waals surface area contributed by atoms with Gasteiger partial charge in [0.05, 0.1) is 70.6 Å². The fourth-order valence-corrected chi connectivity index (χ4v) is 16.3. The second-order valence-electron chi connectivity index (χ2n) is 32.5. The van der Waals surface area contributed by atoms with Crippen molar-refractivity contribution in [3.05, 3.63) is 250 Å². The number of anilines is 5. The number of fused-ring (bicyclic) bond motifs is 4. The van der Waals surface area contributed by atoms with Gasteiger partial charge in [-0.1, -0.05) is 96.6 Å². The summed E-state index contributed by atoms with van der Waals surface area (Å²) in [5, 5.41) is 11.7. The van der Waals surface area contributed by atoms with Crippen LogP contribution in [0.4, 0.5) is 38.9 Å². The molecule has 3 saturated heterocycles. The number of carbonyl (C=O) groups excluding carboxylic acids is 13. The van der Waals surface area contributed by atoms with E-state index in [0.717, 1.165) is 113 Å². The lowest BCUT2D eigenvalue weighted by molar-refractivity contribution is -0.198. The van der Waals surface area contributed by atoms with E-state index in [1.165, 1.54) is 11.0 Å². The van der Waals surface area contributed by atoms with E-state index in [2.05, 4.69) is 32.8 Å². The van der Waals surface area contributed by atoms with Crippen molar-refractivity contribution in [3.63, 3.8) is 0 Å². The number of Topliss-reactive ketones (excluding diaryl/α,β-unsaturated/α-hetero) is 2. The molecule has 4 aromatic heterocycles. The molecule has 0 bridgehead atoms. The van der Waals surface area contributed by atoms with Gasteiger partial charge in [-0.15, -0.1) is 0 Å². The normalized spacial score (nSPS) is 15.9. The number of carbonyl (C=O) groups is 9. The first-order valence-corrected chi connectivity index (χ1v) is 43.0. The molecule has 0 aliphatic carbocycles. The Morgan fingerprint density at radius 2 is 0.969 bits per heavy atom. The van der Waals surface area contributed by atoms with Crippen LogP contribution in [0.25, 0.3) is 22.3 Å². The van der Waals surface area contributed by atoms with E-state index in [1.54, 1.807) is 69.0 Å². The third-order valence-corrected chi connectivity index (χ3v) is 23.0. The largest absolute Gasteiger partial charge is 0.493 e. The highest BCUT2D eigenvalue weighted by Gasteiger charge is 2.47. The summed E-state index contributed by atoms with van der Waals surface area (Å²) in [6, 6.07) is 44.6. The number of aryl methyl sites for hydroxylation is 8. The highest BCUT2D eigenvalue weighted by molar-refractivity contribution is 6.08. The first kappa shape index (κ1) is 93.7. The zero-order chi connectivity index (χ0) is 92.0. The van der Waals surface area contributed by atoms with Gasteiger partial charge in [0.1, 0.15) is 29.5 Å². The zero-order valence-corrected chi connectivity index (χ0v) is 73.6. The van der Waals surface area contributed by atoms with Gasteiger partial charge in [-0.25, -0.2) is 9.69 Å². The number of amides is 7. The molecule has 4 N–H and O–H groups in total. The van der Waals surface area contributed by atoms with Gasteiger partial charge in [-0.05, 0) is 192 Å². The molecule has 7 amide bonds. The molecule has 5 aliphatic heterocycles. The lowest BCUT2D eigenvalue weighted by atomic mass is 10.00. The van der Waals surface area contributed by atoms with Crippen molar-refractivity contribution in [1.82, 2.24) is 28.1 Å². The monoisotopic (exact) mass is 1750 g/mol. The van der Waals surface area contributed by atoms with Crippen LogP contribution in [-0.2, 0) is 84.0 Å². The van der Waals surface area contributed by atoms with Crippen molar-refractivity contribution in [3.8, 4) is 33.8 Å². The van der Waals surface area contributed by atoms with Crippen molar-refractivity contribution < 1.29 is 86.0 Å². The summed E-state index contributed by atoms with van der Waals surface area (Å²) in [6.07, 6.45) is 18.6. The summed E-state index contributed by atoms with van der Waals surface area (Å²) in [6.45, 7) is 13.8. The first-order chi connectivity index (χ1) is 62.2. The van der Waals surface area contributed by atoms with Crippen LogP contribution >= 0.6 is 0 Å².